The van der Waals surface area contributed by atoms with E-state index >= 15 is 0 Å². The van der Waals surface area contributed by atoms with Crippen molar-refractivity contribution in [3.05, 3.63) is 35.9 Å². The van der Waals surface area contributed by atoms with Gasteiger partial charge in [-0.1, -0.05) is 30.3 Å². The molecule has 0 radical (unpaired) electrons. The minimum absolute atomic E-state index is 0.0433. The molecule has 1 amide bonds. The van der Waals surface area contributed by atoms with Crippen LogP contribution >= 0.6 is 0 Å². The summed E-state index contributed by atoms with van der Waals surface area (Å²) in [5.41, 5.74) is 6.92. The van der Waals surface area contributed by atoms with Gasteiger partial charge in [0.2, 0.25) is 5.91 Å². The Bertz CT molecular complexity index is 374. The van der Waals surface area contributed by atoms with Crippen LogP contribution in [0.15, 0.2) is 30.3 Å². The third-order valence-electron chi connectivity index (χ3n) is 3.11. The smallest absolute Gasteiger partial charge is 0.222 e. The van der Waals surface area contributed by atoms with Crippen molar-refractivity contribution in [3.8, 4) is 0 Å². The molecule has 4 N–H and O–H groups in total. The summed E-state index contributed by atoms with van der Waals surface area (Å²) in [5, 5.41) is 12.0. The van der Waals surface area contributed by atoms with E-state index in [1.54, 1.807) is 0 Å². The Morgan fingerprint density at radius 2 is 2.06 bits per heavy atom. The zero-order chi connectivity index (χ0) is 12.3. The molecule has 92 valence electrons. The Morgan fingerprint density at radius 1 is 1.41 bits per heavy atom. The number of rotatable bonds is 4. The summed E-state index contributed by atoms with van der Waals surface area (Å²) in [4.78, 5) is 11.7. The van der Waals surface area contributed by atoms with E-state index in [0.29, 0.717) is 12.8 Å². The van der Waals surface area contributed by atoms with Crippen molar-refractivity contribution in [3.63, 3.8) is 0 Å². The first-order valence-corrected chi connectivity index (χ1v) is 5.93. The molecule has 1 unspecified atom stereocenters. The number of aliphatic hydroxyl groups excluding tert-OH is 1. The molecule has 1 atom stereocenters. The van der Waals surface area contributed by atoms with E-state index in [1.165, 1.54) is 0 Å². The number of carbonyl (C=O) groups is 1. The van der Waals surface area contributed by atoms with Crippen molar-refractivity contribution in [2.75, 3.05) is 0 Å². The average Bonchev–Trinajstić information content (AvgIpc) is 2.28. The molecule has 4 heteroatoms. The molecule has 0 saturated heterocycles. The van der Waals surface area contributed by atoms with Gasteiger partial charge in [0.25, 0.3) is 0 Å². The molecule has 1 aromatic carbocycles. The highest BCUT2D eigenvalue weighted by atomic mass is 16.3. The van der Waals surface area contributed by atoms with Gasteiger partial charge in [-0.15, -0.1) is 0 Å². The second-order valence-electron chi connectivity index (χ2n) is 4.61. The summed E-state index contributed by atoms with van der Waals surface area (Å²) in [6.45, 7) is 0. The van der Waals surface area contributed by atoms with E-state index in [4.69, 9.17) is 10.8 Å². The van der Waals surface area contributed by atoms with Gasteiger partial charge in [-0.2, -0.15) is 0 Å². The predicted molar refractivity (Wildman–Crippen MR) is 65.2 cm³/mol. The first kappa shape index (κ1) is 12.1. The second kappa shape index (κ2) is 5.29. The SMILES string of the molecule is NC(CC(=O)NC1CC(O)C1)c1ccccc1. The van der Waals surface area contributed by atoms with Gasteiger partial charge in [-0.3, -0.25) is 4.79 Å². The molecule has 1 fully saturated rings. The first-order chi connectivity index (χ1) is 8.15. The summed E-state index contributed by atoms with van der Waals surface area (Å²) in [6.07, 6.45) is 1.36. The van der Waals surface area contributed by atoms with Gasteiger partial charge >= 0.3 is 0 Å². The topological polar surface area (TPSA) is 75.4 Å². The van der Waals surface area contributed by atoms with E-state index < -0.39 is 0 Å². The number of nitrogens with one attached hydrogen (secondary N) is 1. The van der Waals surface area contributed by atoms with Crippen LogP contribution in [0, 0.1) is 0 Å². The van der Waals surface area contributed by atoms with Gasteiger partial charge in [0.1, 0.15) is 0 Å². The molecule has 0 aromatic heterocycles. The molecule has 4 nitrogen and oxygen atoms in total. The Labute approximate surface area is 101 Å². The minimum atomic E-state index is -0.263. The van der Waals surface area contributed by atoms with Crippen molar-refractivity contribution in [2.45, 2.75) is 37.5 Å². The monoisotopic (exact) mass is 234 g/mol. The van der Waals surface area contributed by atoms with E-state index in [-0.39, 0.29) is 30.5 Å². The first-order valence-electron chi connectivity index (χ1n) is 5.93. The van der Waals surface area contributed by atoms with Crippen molar-refractivity contribution >= 4 is 5.91 Å². The molecular weight excluding hydrogens is 216 g/mol. The maximum absolute atomic E-state index is 11.7. The lowest BCUT2D eigenvalue weighted by atomic mass is 9.89. The maximum atomic E-state index is 11.7. The third kappa shape index (κ3) is 3.28. The van der Waals surface area contributed by atoms with Gasteiger partial charge in [-0.25, -0.2) is 0 Å². The van der Waals surface area contributed by atoms with E-state index in [1.807, 2.05) is 30.3 Å². The van der Waals surface area contributed by atoms with Crippen LogP contribution in [0.3, 0.4) is 0 Å². The highest BCUT2D eigenvalue weighted by Gasteiger charge is 2.28. The van der Waals surface area contributed by atoms with Crippen LogP contribution in [-0.2, 0) is 4.79 Å². The number of benzene rings is 1. The number of aliphatic hydroxyl groups is 1. The zero-order valence-corrected chi connectivity index (χ0v) is 9.67. The summed E-state index contributed by atoms with van der Waals surface area (Å²) in [7, 11) is 0. The molecule has 1 aromatic rings. The van der Waals surface area contributed by atoms with Gasteiger partial charge in [-0.05, 0) is 18.4 Å². The fourth-order valence-electron chi connectivity index (χ4n) is 2.01. The maximum Gasteiger partial charge on any atom is 0.222 e. The van der Waals surface area contributed by atoms with Gasteiger partial charge in [0, 0.05) is 18.5 Å². The lowest BCUT2D eigenvalue weighted by molar-refractivity contribution is -0.123. The fraction of sp³-hybridized carbons (Fsp3) is 0.462. The molecule has 0 heterocycles. The number of hydrogen-bond acceptors (Lipinski definition) is 3. The summed E-state index contributed by atoms with van der Waals surface area (Å²) in [6, 6.07) is 9.45. The lowest BCUT2D eigenvalue weighted by Gasteiger charge is -2.32. The van der Waals surface area contributed by atoms with Crippen molar-refractivity contribution in [2.24, 2.45) is 5.73 Å². The predicted octanol–water partition coefficient (Wildman–Crippen LogP) is 0.716. The van der Waals surface area contributed by atoms with Crippen LogP contribution in [-0.4, -0.2) is 23.2 Å². The van der Waals surface area contributed by atoms with Crippen LogP contribution in [0.4, 0.5) is 0 Å². The number of hydrogen-bond donors (Lipinski definition) is 3. The summed E-state index contributed by atoms with van der Waals surface area (Å²) < 4.78 is 0. The highest BCUT2D eigenvalue weighted by molar-refractivity contribution is 5.77. The zero-order valence-electron chi connectivity index (χ0n) is 9.67. The Balaban J connectivity index is 1.78. The molecule has 0 spiro atoms. The van der Waals surface area contributed by atoms with Crippen LogP contribution in [0.5, 0.6) is 0 Å². The van der Waals surface area contributed by atoms with Gasteiger partial charge in [0.05, 0.1) is 6.10 Å². The molecule has 0 aliphatic heterocycles. The number of carbonyl (C=O) groups excluding carboxylic acids is 1. The number of nitrogens with two attached hydrogens (primary N) is 1. The van der Waals surface area contributed by atoms with Crippen molar-refractivity contribution < 1.29 is 9.90 Å². The van der Waals surface area contributed by atoms with E-state index in [9.17, 15) is 4.79 Å². The van der Waals surface area contributed by atoms with Crippen LogP contribution in [0.25, 0.3) is 0 Å². The Kier molecular flexibility index (Phi) is 3.76. The molecule has 2 rings (SSSR count). The normalized spacial score (nSPS) is 24.8. The van der Waals surface area contributed by atoms with Crippen molar-refractivity contribution in [1.82, 2.24) is 5.32 Å². The van der Waals surface area contributed by atoms with Gasteiger partial charge in [0.15, 0.2) is 0 Å². The Morgan fingerprint density at radius 3 is 2.65 bits per heavy atom. The summed E-state index contributed by atoms with van der Waals surface area (Å²) in [5.74, 6) is -0.0433. The average molecular weight is 234 g/mol. The molecule has 17 heavy (non-hydrogen) atoms. The number of amides is 1. The molecular formula is C13H18N2O2. The van der Waals surface area contributed by atoms with E-state index in [2.05, 4.69) is 5.32 Å². The third-order valence-corrected chi connectivity index (χ3v) is 3.11. The van der Waals surface area contributed by atoms with Crippen LogP contribution < -0.4 is 11.1 Å². The summed E-state index contributed by atoms with van der Waals surface area (Å²) >= 11 is 0. The fourth-order valence-corrected chi connectivity index (χ4v) is 2.01. The molecule has 0 bridgehead atoms. The van der Waals surface area contributed by atoms with Crippen LogP contribution in [0.2, 0.25) is 0 Å². The minimum Gasteiger partial charge on any atom is -0.393 e. The molecule has 1 saturated carbocycles. The Hall–Kier alpha value is -1.39. The second-order valence-corrected chi connectivity index (χ2v) is 4.61. The quantitative estimate of drug-likeness (QED) is 0.718. The standard InChI is InChI=1S/C13H18N2O2/c14-12(9-4-2-1-3-5-9)8-13(17)15-10-6-11(16)7-10/h1-5,10-12,16H,6-8,14H2,(H,15,17). The molecule has 1 aliphatic carbocycles. The van der Waals surface area contributed by atoms with E-state index in [0.717, 1.165) is 5.56 Å². The van der Waals surface area contributed by atoms with Crippen LogP contribution in [0.1, 0.15) is 30.9 Å². The highest BCUT2D eigenvalue weighted by Crippen LogP contribution is 2.20. The lowest BCUT2D eigenvalue weighted by Crippen LogP contribution is -2.47. The molecule has 1 aliphatic rings. The van der Waals surface area contributed by atoms with Crippen molar-refractivity contribution in [1.29, 1.82) is 0 Å². The van der Waals surface area contributed by atoms with Gasteiger partial charge < -0.3 is 16.2 Å². The largest absolute Gasteiger partial charge is 0.393 e.